The highest BCUT2D eigenvalue weighted by atomic mass is 35.7. The molecule has 0 saturated carbocycles. The van der Waals surface area contributed by atoms with Crippen LogP contribution in [0.5, 0.6) is 0 Å². The Morgan fingerprint density at radius 3 is 2.38 bits per heavy atom. The number of carbonyl (C=O) groups is 1. The minimum atomic E-state index is -4.04. The molecule has 8 heteroatoms. The third-order valence-electron chi connectivity index (χ3n) is 1.19. The maximum Gasteiger partial charge on any atom is 0.339 e. The average Bonchev–Trinajstić information content (AvgIpc) is 2.28. The fourth-order valence-corrected chi connectivity index (χ4v) is 3.37. The number of carboxylic acid groups (broad SMARTS) is 1. The molecule has 0 aliphatic carbocycles. The van der Waals surface area contributed by atoms with E-state index >= 15 is 0 Å². The Hall–Kier alpha value is -0.300. The summed E-state index contributed by atoms with van der Waals surface area (Å²) in [6.45, 7) is 0. The van der Waals surface area contributed by atoms with E-state index < -0.39 is 25.5 Å². The predicted octanol–water partition coefficient (Wildman–Crippen LogP) is 2.03. The lowest BCUT2D eigenvalue weighted by atomic mass is 10.3. The van der Waals surface area contributed by atoms with E-state index in [0.717, 1.165) is 16.7 Å². The molecule has 1 aromatic rings. The van der Waals surface area contributed by atoms with Crippen molar-refractivity contribution in [2.24, 2.45) is 0 Å². The molecule has 0 aliphatic heterocycles. The minimum Gasteiger partial charge on any atom is -0.478 e. The normalized spacial score (nSPS) is 11.5. The van der Waals surface area contributed by atoms with Crippen molar-refractivity contribution in [2.45, 2.75) is 4.90 Å². The first-order valence-corrected chi connectivity index (χ1v) is 6.35. The Labute approximate surface area is 87.1 Å². The summed E-state index contributed by atoms with van der Waals surface area (Å²) in [5.41, 5.74) is -0.471. The van der Waals surface area contributed by atoms with Gasteiger partial charge >= 0.3 is 5.97 Å². The highest BCUT2D eigenvalue weighted by Gasteiger charge is 2.25. The van der Waals surface area contributed by atoms with E-state index in [-0.39, 0.29) is 4.34 Å². The Kier molecular flexibility index (Phi) is 2.86. The van der Waals surface area contributed by atoms with Crippen LogP contribution in [0.25, 0.3) is 0 Å². The Morgan fingerprint density at radius 2 is 2.08 bits per heavy atom. The molecule has 1 rings (SSSR count). The summed E-state index contributed by atoms with van der Waals surface area (Å²) in [6.07, 6.45) is 0. The second-order valence-electron chi connectivity index (χ2n) is 1.99. The zero-order valence-corrected chi connectivity index (χ0v) is 8.97. The van der Waals surface area contributed by atoms with Gasteiger partial charge in [-0.1, -0.05) is 11.6 Å². The number of hydrogen-bond acceptors (Lipinski definition) is 4. The smallest absolute Gasteiger partial charge is 0.339 e. The largest absolute Gasteiger partial charge is 0.478 e. The Morgan fingerprint density at radius 1 is 1.54 bits per heavy atom. The van der Waals surface area contributed by atoms with Gasteiger partial charge in [-0.3, -0.25) is 0 Å². The fourth-order valence-electron chi connectivity index (χ4n) is 0.689. The van der Waals surface area contributed by atoms with Crippen molar-refractivity contribution in [3.05, 3.63) is 15.3 Å². The summed E-state index contributed by atoms with van der Waals surface area (Å²) >= 11 is 6.27. The molecular formula is C5H2Cl2O4S2. The van der Waals surface area contributed by atoms with Crippen LogP contribution in [0, 0.1) is 0 Å². The van der Waals surface area contributed by atoms with E-state index in [1.807, 2.05) is 0 Å². The Balaban J connectivity index is 3.49. The number of thiophene rings is 1. The van der Waals surface area contributed by atoms with E-state index in [2.05, 4.69) is 0 Å². The van der Waals surface area contributed by atoms with E-state index in [9.17, 15) is 13.2 Å². The minimum absolute atomic E-state index is 0.105. The molecule has 0 amide bonds. The second kappa shape index (κ2) is 3.45. The number of halogens is 2. The Bertz CT molecular complexity index is 447. The highest BCUT2D eigenvalue weighted by Crippen LogP contribution is 2.32. The van der Waals surface area contributed by atoms with Gasteiger partial charge in [0.05, 0.1) is 0 Å². The summed E-state index contributed by atoms with van der Waals surface area (Å²) in [5, 5.41) is 9.69. The van der Waals surface area contributed by atoms with Crippen molar-refractivity contribution in [3.63, 3.8) is 0 Å². The van der Waals surface area contributed by atoms with Gasteiger partial charge in [-0.25, -0.2) is 13.2 Å². The number of aromatic carboxylic acids is 1. The number of rotatable bonds is 2. The van der Waals surface area contributed by atoms with Crippen molar-refractivity contribution >= 4 is 48.6 Å². The maximum absolute atomic E-state index is 10.8. The van der Waals surface area contributed by atoms with Crippen molar-refractivity contribution in [1.29, 1.82) is 0 Å². The zero-order valence-electron chi connectivity index (χ0n) is 5.82. The molecule has 0 spiro atoms. The van der Waals surface area contributed by atoms with E-state index in [0.29, 0.717) is 0 Å². The molecule has 0 radical (unpaired) electrons. The molecule has 0 aromatic carbocycles. The molecule has 0 unspecified atom stereocenters. The van der Waals surface area contributed by atoms with Crippen LogP contribution in [0.2, 0.25) is 4.34 Å². The molecule has 13 heavy (non-hydrogen) atoms. The van der Waals surface area contributed by atoms with Crippen LogP contribution < -0.4 is 0 Å². The lowest BCUT2D eigenvalue weighted by molar-refractivity contribution is 0.0693. The predicted molar refractivity (Wildman–Crippen MR) is 49.3 cm³/mol. The molecule has 0 saturated heterocycles. The molecule has 1 N–H and O–H groups in total. The first kappa shape index (κ1) is 10.8. The summed E-state index contributed by atoms with van der Waals surface area (Å²) in [4.78, 5) is 10.1. The van der Waals surface area contributed by atoms with Crippen LogP contribution >= 0.6 is 33.6 Å². The van der Waals surface area contributed by atoms with Gasteiger partial charge in [0.1, 0.15) is 14.8 Å². The SMILES string of the molecule is O=C(O)c1c(S(=O)(=O)Cl)csc1Cl. The third-order valence-corrected chi connectivity index (χ3v) is 3.91. The summed E-state index contributed by atoms with van der Waals surface area (Å²) in [6, 6.07) is 0. The van der Waals surface area contributed by atoms with Gasteiger partial charge in [0.25, 0.3) is 9.05 Å². The molecule has 1 heterocycles. The summed E-state index contributed by atoms with van der Waals surface area (Å²) < 4.78 is 21.5. The lowest BCUT2D eigenvalue weighted by Gasteiger charge is -1.94. The molecule has 4 nitrogen and oxygen atoms in total. The highest BCUT2D eigenvalue weighted by molar-refractivity contribution is 8.13. The second-order valence-corrected chi connectivity index (χ2v) is 6.01. The molecular weight excluding hydrogens is 259 g/mol. The zero-order chi connectivity index (χ0) is 10.2. The molecule has 1 aromatic heterocycles. The summed E-state index contributed by atoms with van der Waals surface area (Å²) in [7, 11) is 0.938. The van der Waals surface area contributed by atoms with Crippen molar-refractivity contribution in [1.82, 2.24) is 0 Å². The van der Waals surface area contributed by atoms with Crippen LogP contribution in [-0.2, 0) is 9.05 Å². The first-order valence-electron chi connectivity index (χ1n) is 2.79. The van der Waals surface area contributed by atoms with Crippen molar-refractivity contribution in [3.8, 4) is 0 Å². The van der Waals surface area contributed by atoms with Crippen molar-refractivity contribution < 1.29 is 18.3 Å². The molecule has 0 aliphatic rings. The van der Waals surface area contributed by atoms with Crippen LogP contribution in [0.3, 0.4) is 0 Å². The van der Waals surface area contributed by atoms with Crippen molar-refractivity contribution in [2.75, 3.05) is 0 Å². The third kappa shape index (κ3) is 2.14. The van der Waals surface area contributed by atoms with Gasteiger partial charge in [0.2, 0.25) is 0 Å². The molecule has 0 fully saturated rings. The van der Waals surface area contributed by atoms with Gasteiger partial charge in [-0.2, -0.15) is 0 Å². The number of hydrogen-bond donors (Lipinski definition) is 1. The van der Waals surface area contributed by atoms with E-state index in [4.69, 9.17) is 27.4 Å². The maximum atomic E-state index is 10.8. The monoisotopic (exact) mass is 260 g/mol. The standard InChI is InChI=1S/C5H2Cl2O4S2/c6-4-3(5(8)9)2(1-12-4)13(7,10)11/h1H,(H,8,9). The number of carboxylic acids is 1. The van der Waals surface area contributed by atoms with E-state index in [1.165, 1.54) is 0 Å². The van der Waals surface area contributed by atoms with Crippen LogP contribution in [-0.4, -0.2) is 19.5 Å². The summed E-state index contributed by atoms with van der Waals surface area (Å²) in [5.74, 6) is -1.41. The topological polar surface area (TPSA) is 71.4 Å². The van der Waals surface area contributed by atoms with Gasteiger partial charge in [-0.15, -0.1) is 11.3 Å². The van der Waals surface area contributed by atoms with Crippen LogP contribution in [0.1, 0.15) is 10.4 Å². The first-order chi connectivity index (χ1) is 5.84. The molecule has 0 bridgehead atoms. The van der Waals surface area contributed by atoms with E-state index in [1.54, 1.807) is 0 Å². The van der Waals surface area contributed by atoms with Gasteiger partial charge in [-0.05, 0) is 0 Å². The molecule has 0 atom stereocenters. The average molecular weight is 261 g/mol. The van der Waals surface area contributed by atoms with Gasteiger partial charge in [0.15, 0.2) is 0 Å². The van der Waals surface area contributed by atoms with Crippen LogP contribution in [0.15, 0.2) is 10.3 Å². The quantitative estimate of drug-likeness (QED) is 0.827. The molecule has 72 valence electrons. The van der Waals surface area contributed by atoms with Gasteiger partial charge < -0.3 is 5.11 Å². The van der Waals surface area contributed by atoms with Crippen LogP contribution in [0.4, 0.5) is 0 Å². The van der Waals surface area contributed by atoms with Gasteiger partial charge in [0, 0.05) is 16.1 Å². The fraction of sp³-hybridized carbons (Fsp3) is 0. The lowest BCUT2D eigenvalue weighted by Crippen LogP contribution is -2.01.